The number of carbonyl (C=O) groups is 2. The maximum Gasteiger partial charge on any atom is 0.318 e. The smallest absolute Gasteiger partial charge is 0.318 e. The number of primary amides is 1. The third-order valence-electron chi connectivity index (χ3n) is 2.84. The van der Waals surface area contributed by atoms with Crippen molar-refractivity contribution in [1.29, 1.82) is 0 Å². The average Bonchev–Trinajstić information content (AvgIpc) is 2.93. The number of hydrogen-bond acceptors (Lipinski definition) is 6. The number of nitrogens with zero attached hydrogens (tertiary/aromatic N) is 4. The molecule has 0 fully saturated rings. The van der Waals surface area contributed by atoms with Crippen molar-refractivity contribution in [2.45, 2.75) is 24.9 Å². The van der Waals surface area contributed by atoms with Crippen LogP contribution in [0.3, 0.4) is 0 Å². The molecule has 2 aromatic rings. The molecule has 0 aliphatic carbocycles. The Balaban J connectivity index is 2.09. The van der Waals surface area contributed by atoms with Gasteiger partial charge in [0.05, 0.1) is 11.4 Å². The first-order chi connectivity index (χ1) is 10.5. The van der Waals surface area contributed by atoms with Crippen molar-refractivity contribution in [3.05, 3.63) is 29.8 Å². The lowest BCUT2D eigenvalue weighted by atomic mass is 10.0. The van der Waals surface area contributed by atoms with E-state index in [0.717, 1.165) is 17.4 Å². The van der Waals surface area contributed by atoms with Gasteiger partial charge in [-0.25, -0.2) is 4.79 Å². The Labute approximate surface area is 131 Å². The van der Waals surface area contributed by atoms with Crippen LogP contribution in [0.2, 0.25) is 0 Å². The molecule has 2 rings (SSSR count). The molecule has 0 saturated carbocycles. The van der Waals surface area contributed by atoms with Crippen molar-refractivity contribution < 1.29 is 9.59 Å². The maximum absolute atomic E-state index is 11.4. The van der Waals surface area contributed by atoms with Crippen LogP contribution >= 0.6 is 11.8 Å². The SMILES string of the molecule is CC(C)c1ccc(-n2nnnc2SCC(=O)NC(N)=O)cc1. The minimum atomic E-state index is -0.880. The number of imide groups is 1. The van der Waals surface area contributed by atoms with Crippen LogP contribution in [0.5, 0.6) is 0 Å². The van der Waals surface area contributed by atoms with Crippen LogP contribution in [-0.4, -0.2) is 37.9 Å². The molecule has 1 heterocycles. The highest BCUT2D eigenvalue weighted by atomic mass is 32.2. The molecule has 3 amide bonds. The number of nitrogens with one attached hydrogen (secondary N) is 1. The van der Waals surface area contributed by atoms with Gasteiger partial charge in [-0.05, 0) is 34.0 Å². The lowest BCUT2D eigenvalue weighted by Gasteiger charge is -2.07. The standard InChI is InChI=1S/C13H16N6O2S/c1-8(2)9-3-5-10(6-4-9)19-13(16-17-18-19)22-7-11(20)15-12(14)21/h3-6,8H,7H2,1-2H3,(H3,14,15,20,21). The molecule has 9 heteroatoms. The first-order valence-electron chi connectivity index (χ1n) is 6.58. The first kappa shape index (κ1) is 16.0. The van der Waals surface area contributed by atoms with Gasteiger partial charge in [0.25, 0.3) is 0 Å². The molecule has 0 spiro atoms. The highest BCUT2D eigenvalue weighted by Crippen LogP contribution is 2.20. The predicted octanol–water partition coefficient (Wildman–Crippen LogP) is 1.07. The van der Waals surface area contributed by atoms with Gasteiger partial charge in [0.15, 0.2) is 0 Å². The topological polar surface area (TPSA) is 116 Å². The molecule has 0 bridgehead atoms. The summed E-state index contributed by atoms with van der Waals surface area (Å²) in [6.45, 7) is 4.23. The molecule has 3 N–H and O–H groups in total. The zero-order chi connectivity index (χ0) is 16.1. The Morgan fingerprint density at radius 2 is 2.00 bits per heavy atom. The molecule has 8 nitrogen and oxygen atoms in total. The second kappa shape index (κ2) is 7.03. The van der Waals surface area contributed by atoms with E-state index in [1.54, 1.807) is 0 Å². The molecule has 1 aromatic heterocycles. The molecule has 0 saturated heterocycles. The van der Waals surface area contributed by atoms with Crippen LogP contribution < -0.4 is 11.1 Å². The summed E-state index contributed by atoms with van der Waals surface area (Å²) >= 11 is 1.12. The zero-order valence-electron chi connectivity index (χ0n) is 12.2. The Bertz CT molecular complexity index is 667. The molecular formula is C13H16N6O2S. The summed E-state index contributed by atoms with van der Waals surface area (Å²) in [5, 5.41) is 13.8. The average molecular weight is 320 g/mol. The van der Waals surface area contributed by atoms with Gasteiger partial charge in [-0.15, -0.1) is 5.10 Å². The third kappa shape index (κ3) is 4.04. The van der Waals surface area contributed by atoms with Gasteiger partial charge in [0.1, 0.15) is 0 Å². The highest BCUT2D eigenvalue weighted by molar-refractivity contribution is 7.99. The van der Waals surface area contributed by atoms with Gasteiger partial charge >= 0.3 is 6.03 Å². The minimum absolute atomic E-state index is 0.00656. The van der Waals surface area contributed by atoms with Crippen molar-refractivity contribution in [3.8, 4) is 5.69 Å². The van der Waals surface area contributed by atoms with E-state index < -0.39 is 11.9 Å². The number of benzene rings is 1. The number of urea groups is 1. The van der Waals surface area contributed by atoms with Crippen LogP contribution in [0.4, 0.5) is 4.79 Å². The Kier molecular flexibility index (Phi) is 5.10. The first-order valence-corrected chi connectivity index (χ1v) is 7.56. The normalized spacial score (nSPS) is 10.7. The largest absolute Gasteiger partial charge is 0.351 e. The summed E-state index contributed by atoms with van der Waals surface area (Å²) < 4.78 is 1.53. The van der Waals surface area contributed by atoms with Gasteiger partial charge in [0, 0.05) is 0 Å². The van der Waals surface area contributed by atoms with Crippen molar-refractivity contribution >= 4 is 23.7 Å². The van der Waals surface area contributed by atoms with E-state index in [1.807, 2.05) is 29.6 Å². The number of tetrazole rings is 1. The van der Waals surface area contributed by atoms with Crippen molar-refractivity contribution in [3.63, 3.8) is 0 Å². The highest BCUT2D eigenvalue weighted by Gasteiger charge is 2.12. The number of amides is 3. The zero-order valence-corrected chi connectivity index (χ0v) is 13.0. The summed E-state index contributed by atoms with van der Waals surface area (Å²) in [6, 6.07) is 6.97. The fraction of sp³-hybridized carbons (Fsp3) is 0.308. The molecule has 22 heavy (non-hydrogen) atoms. The van der Waals surface area contributed by atoms with Gasteiger partial charge in [-0.3, -0.25) is 10.1 Å². The molecule has 0 unspecified atom stereocenters. The minimum Gasteiger partial charge on any atom is -0.351 e. The number of carbonyl (C=O) groups excluding carboxylic acids is 2. The third-order valence-corrected chi connectivity index (χ3v) is 3.76. The van der Waals surface area contributed by atoms with E-state index in [2.05, 4.69) is 29.4 Å². The van der Waals surface area contributed by atoms with Crippen LogP contribution in [0, 0.1) is 0 Å². The second-order valence-electron chi connectivity index (χ2n) is 4.82. The maximum atomic E-state index is 11.4. The van der Waals surface area contributed by atoms with Crippen LogP contribution in [0.15, 0.2) is 29.4 Å². The van der Waals surface area contributed by atoms with E-state index in [4.69, 9.17) is 5.73 Å². The molecule has 116 valence electrons. The Hall–Kier alpha value is -2.42. The van der Waals surface area contributed by atoms with Crippen LogP contribution in [0.25, 0.3) is 5.69 Å². The molecule has 0 atom stereocenters. The van der Waals surface area contributed by atoms with Gasteiger partial charge in [-0.2, -0.15) is 4.68 Å². The van der Waals surface area contributed by atoms with Crippen molar-refractivity contribution in [2.24, 2.45) is 5.73 Å². The summed E-state index contributed by atoms with van der Waals surface area (Å²) in [5.41, 5.74) is 6.89. The van der Waals surface area contributed by atoms with Crippen molar-refractivity contribution in [2.75, 3.05) is 5.75 Å². The summed E-state index contributed by atoms with van der Waals surface area (Å²) in [4.78, 5) is 22.0. The molecule has 1 aromatic carbocycles. The fourth-order valence-electron chi connectivity index (χ4n) is 1.73. The Morgan fingerprint density at radius 3 is 2.59 bits per heavy atom. The molecular weight excluding hydrogens is 304 g/mol. The van der Waals surface area contributed by atoms with Crippen molar-refractivity contribution in [1.82, 2.24) is 25.5 Å². The van der Waals surface area contributed by atoms with E-state index in [1.165, 1.54) is 10.2 Å². The number of hydrogen-bond donors (Lipinski definition) is 2. The van der Waals surface area contributed by atoms with E-state index in [-0.39, 0.29) is 5.75 Å². The monoisotopic (exact) mass is 320 g/mol. The molecule has 0 radical (unpaired) electrons. The van der Waals surface area contributed by atoms with Crippen LogP contribution in [0.1, 0.15) is 25.3 Å². The lowest BCUT2D eigenvalue weighted by Crippen LogP contribution is -2.36. The number of aromatic nitrogens is 4. The summed E-state index contributed by atoms with van der Waals surface area (Å²) in [7, 11) is 0. The van der Waals surface area contributed by atoms with Gasteiger partial charge in [0.2, 0.25) is 11.1 Å². The quantitative estimate of drug-likeness (QED) is 0.796. The van der Waals surface area contributed by atoms with E-state index in [9.17, 15) is 9.59 Å². The van der Waals surface area contributed by atoms with Gasteiger partial charge < -0.3 is 5.73 Å². The van der Waals surface area contributed by atoms with E-state index in [0.29, 0.717) is 11.1 Å². The summed E-state index contributed by atoms with van der Waals surface area (Å²) in [5.74, 6) is -0.0654. The second-order valence-corrected chi connectivity index (χ2v) is 5.76. The number of thioether (sulfide) groups is 1. The summed E-state index contributed by atoms with van der Waals surface area (Å²) in [6.07, 6.45) is 0. The van der Waals surface area contributed by atoms with E-state index >= 15 is 0 Å². The molecule has 0 aliphatic heterocycles. The predicted molar refractivity (Wildman–Crippen MR) is 81.7 cm³/mol. The Morgan fingerprint density at radius 1 is 1.32 bits per heavy atom. The fourth-order valence-corrected chi connectivity index (χ4v) is 2.43. The van der Waals surface area contributed by atoms with Gasteiger partial charge in [-0.1, -0.05) is 37.7 Å². The van der Waals surface area contributed by atoms with Crippen LogP contribution in [-0.2, 0) is 4.79 Å². The number of rotatable bonds is 5. The molecule has 0 aliphatic rings. The number of nitrogens with two attached hydrogens (primary N) is 1. The lowest BCUT2D eigenvalue weighted by molar-refractivity contribution is -0.117.